The number of anilines is 1. The highest BCUT2D eigenvalue weighted by atomic mass is 19.1. The maximum absolute atomic E-state index is 13.4. The largest absolute Gasteiger partial charge is 0.366 e. The Balaban J connectivity index is 2.31. The number of aromatic nitrogens is 2. The topological polar surface area (TPSA) is 53.6 Å². The van der Waals surface area contributed by atoms with Crippen LogP contribution >= 0.6 is 0 Å². The van der Waals surface area contributed by atoms with Crippen molar-refractivity contribution in [2.45, 2.75) is 26.3 Å². The number of benzene rings is 1. The molecule has 1 heterocycles. The summed E-state index contributed by atoms with van der Waals surface area (Å²) in [6, 6.07) is 6.32. The number of rotatable bonds is 4. The van der Waals surface area contributed by atoms with E-state index in [-0.39, 0.29) is 5.82 Å². The van der Waals surface area contributed by atoms with E-state index in [2.05, 4.69) is 16.5 Å². The zero-order valence-corrected chi connectivity index (χ0v) is 11.8. The Morgan fingerprint density at radius 2 is 2.20 bits per heavy atom. The van der Waals surface area contributed by atoms with Crippen molar-refractivity contribution in [2.24, 2.45) is 7.05 Å². The number of nitrogens with one attached hydrogen (secondary N) is 1. The molecule has 1 aromatic carbocycles. The molecule has 1 aromatic heterocycles. The fourth-order valence-corrected chi connectivity index (χ4v) is 2.23. The van der Waals surface area contributed by atoms with Gasteiger partial charge in [-0.15, -0.1) is 0 Å². The number of nitrogens with zero attached hydrogens (tertiary/aromatic N) is 3. The number of aryl methyl sites for hydroxylation is 3. The Morgan fingerprint density at radius 3 is 2.80 bits per heavy atom. The highest BCUT2D eigenvalue weighted by Gasteiger charge is 2.17. The molecule has 2 aromatic rings. The standard InChI is InChI=1S/C15H17FN4/c1-4-14-13(9-20(3)19-14)15(8-17)18-12-6-10(2)5-11(16)7-12/h5-7,9,15,18H,4H2,1-3H3. The molecule has 1 N–H and O–H groups in total. The van der Waals surface area contributed by atoms with Crippen LogP contribution in [0.4, 0.5) is 10.1 Å². The Labute approximate surface area is 117 Å². The van der Waals surface area contributed by atoms with E-state index in [1.54, 1.807) is 4.68 Å². The van der Waals surface area contributed by atoms with E-state index in [1.807, 2.05) is 33.2 Å². The normalized spacial score (nSPS) is 11.9. The maximum atomic E-state index is 13.4. The van der Waals surface area contributed by atoms with E-state index in [0.717, 1.165) is 23.2 Å². The van der Waals surface area contributed by atoms with Gasteiger partial charge in [-0.05, 0) is 37.1 Å². The molecule has 0 aliphatic carbocycles. The first-order valence-corrected chi connectivity index (χ1v) is 6.49. The zero-order valence-electron chi connectivity index (χ0n) is 11.8. The van der Waals surface area contributed by atoms with Crippen LogP contribution in [-0.2, 0) is 13.5 Å². The van der Waals surface area contributed by atoms with Crippen LogP contribution in [0.3, 0.4) is 0 Å². The van der Waals surface area contributed by atoms with Gasteiger partial charge in [0.15, 0.2) is 0 Å². The summed E-state index contributed by atoms with van der Waals surface area (Å²) in [5, 5.41) is 16.8. The second-order valence-electron chi connectivity index (χ2n) is 4.78. The summed E-state index contributed by atoms with van der Waals surface area (Å²) in [7, 11) is 1.82. The van der Waals surface area contributed by atoms with E-state index in [1.165, 1.54) is 12.1 Å². The summed E-state index contributed by atoms with van der Waals surface area (Å²) in [5.74, 6) is -0.314. The second kappa shape index (κ2) is 5.74. The summed E-state index contributed by atoms with van der Waals surface area (Å²) in [5.41, 5.74) is 3.12. The van der Waals surface area contributed by atoms with Gasteiger partial charge in [0.05, 0.1) is 11.8 Å². The molecule has 0 bridgehead atoms. The fourth-order valence-electron chi connectivity index (χ4n) is 2.23. The van der Waals surface area contributed by atoms with E-state index < -0.39 is 6.04 Å². The lowest BCUT2D eigenvalue weighted by Crippen LogP contribution is -2.10. The van der Waals surface area contributed by atoms with Gasteiger partial charge >= 0.3 is 0 Å². The van der Waals surface area contributed by atoms with Crippen molar-refractivity contribution in [1.82, 2.24) is 9.78 Å². The van der Waals surface area contributed by atoms with Crippen molar-refractivity contribution in [3.8, 4) is 6.07 Å². The lowest BCUT2D eigenvalue weighted by molar-refractivity contribution is 0.627. The number of halogens is 1. The average molecular weight is 272 g/mol. The minimum absolute atomic E-state index is 0.314. The molecule has 0 saturated carbocycles. The SMILES string of the molecule is CCc1nn(C)cc1C(C#N)Nc1cc(C)cc(F)c1. The third-order valence-corrected chi connectivity index (χ3v) is 3.07. The first kappa shape index (κ1) is 14.1. The van der Waals surface area contributed by atoms with Crippen molar-refractivity contribution in [3.63, 3.8) is 0 Å². The predicted molar refractivity (Wildman–Crippen MR) is 75.7 cm³/mol. The van der Waals surface area contributed by atoms with Gasteiger partial charge in [0, 0.05) is 24.5 Å². The van der Waals surface area contributed by atoms with E-state index in [4.69, 9.17) is 0 Å². The van der Waals surface area contributed by atoms with Crippen LogP contribution in [0.2, 0.25) is 0 Å². The molecule has 5 heteroatoms. The van der Waals surface area contributed by atoms with Gasteiger partial charge in [0.1, 0.15) is 11.9 Å². The maximum Gasteiger partial charge on any atom is 0.143 e. The number of hydrogen-bond donors (Lipinski definition) is 1. The fraction of sp³-hybridized carbons (Fsp3) is 0.333. The zero-order chi connectivity index (χ0) is 14.7. The molecule has 0 fully saturated rings. The van der Waals surface area contributed by atoms with Crippen LogP contribution < -0.4 is 5.32 Å². The van der Waals surface area contributed by atoms with Crippen LogP contribution in [0.15, 0.2) is 24.4 Å². The van der Waals surface area contributed by atoms with Gasteiger partial charge in [-0.25, -0.2) is 4.39 Å². The van der Waals surface area contributed by atoms with Gasteiger partial charge in [0.25, 0.3) is 0 Å². The predicted octanol–water partition coefficient (Wildman–Crippen LogP) is 3.11. The van der Waals surface area contributed by atoms with E-state index in [0.29, 0.717) is 5.69 Å². The molecule has 0 spiro atoms. The van der Waals surface area contributed by atoms with Gasteiger partial charge in [-0.3, -0.25) is 4.68 Å². The van der Waals surface area contributed by atoms with Crippen molar-refractivity contribution >= 4 is 5.69 Å². The Bertz CT molecular complexity index is 634. The summed E-state index contributed by atoms with van der Waals surface area (Å²) in [6.07, 6.45) is 2.57. The molecule has 104 valence electrons. The smallest absolute Gasteiger partial charge is 0.143 e. The second-order valence-corrected chi connectivity index (χ2v) is 4.78. The van der Waals surface area contributed by atoms with Gasteiger partial charge in [0.2, 0.25) is 0 Å². The molecule has 2 rings (SSSR count). The van der Waals surface area contributed by atoms with Crippen LogP contribution in [0.25, 0.3) is 0 Å². The summed E-state index contributed by atoms with van der Waals surface area (Å²) in [6.45, 7) is 3.81. The third kappa shape index (κ3) is 2.97. The highest BCUT2D eigenvalue weighted by molar-refractivity contribution is 5.50. The van der Waals surface area contributed by atoms with Crippen LogP contribution in [-0.4, -0.2) is 9.78 Å². The van der Waals surface area contributed by atoms with Gasteiger partial charge in [-0.2, -0.15) is 10.4 Å². The molecule has 0 aliphatic rings. The van der Waals surface area contributed by atoms with Gasteiger partial charge < -0.3 is 5.32 Å². The van der Waals surface area contributed by atoms with Crippen molar-refractivity contribution in [1.29, 1.82) is 5.26 Å². The minimum Gasteiger partial charge on any atom is -0.366 e. The number of nitriles is 1. The first-order valence-electron chi connectivity index (χ1n) is 6.49. The van der Waals surface area contributed by atoms with Crippen molar-refractivity contribution in [3.05, 3.63) is 47.0 Å². The minimum atomic E-state index is -0.542. The Morgan fingerprint density at radius 1 is 1.45 bits per heavy atom. The molecule has 0 amide bonds. The monoisotopic (exact) mass is 272 g/mol. The Kier molecular flexibility index (Phi) is 4.04. The molecular formula is C15H17FN4. The molecule has 0 aliphatic heterocycles. The van der Waals surface area contributed by atoms with Crippen LogP contribution in [0.1, 0.15) is 29.8 Å². The first-order chi connectivity index (χ1) is 9.53. The summed E-state index contributed by atoms with van der Waals surface area (Å²) < 4.78 is 15.1. The molecular weight excluding hydrogens is 255 g/mol. The Hall–Kier alpha value is -2.35. The molecule has 1 atom stereocenters. The molecule has 20 heavy (non-hydrogen) atoms. The quantitative estimate of drug-likeness (QED) is 0.930. The lowest BCUT2D eigenvalue weighted by Gasteiger charge is -2.13. The van der Waals surface area contributed by atoms with E-state index in [9.17, 15) is 9.65 Å². The molecule has 0 saturated heterocycles. The van der Waals surface area contributed by atoms with Crippen LogP contribution in [0.5, 0.6) is 0 Å². The van der Waals surface area contributed by atoms with Crippen molar-refractivity contribution in [2.75, 3.05) is 5.32 Å². The summed E-state index contributed by atoms with van der Waals surface area (Å²) in [4.78, 5) is 0. The summed E-state index contributed by atoms with van der Waals surface area (Å²) >= 11 is 0. The van der Waals surface area contributed by atoms with Gasteiger partial charge in [-0.1, -0.05) is 6.92 Å². The molecule has 4 nitrogen and oxygen atoms in total. The number of hydrogen-bond acceptors (Lipinski definition) is 3. The highest BCUT2D eigenvalue weighted by Crippen LogP contribution is 2.23. The van der Waals surface area contributed by atoms with Crippen LogP contribution in [0, 0.1) is 24.1 Å². The van der Waals surface area contributed by atoms with E-state index >= 15 is 0 Å². The average Bonchev–Trinajstić information content (AvgIpc) is 2.76. The lowest BCUT2D eigenvalue weighted by atomic mass is 10.1. The third-order valence-electron chi connectivity index (χ3n) is 3.07. The molecule has 0 radical (unpaired) electrons. The van der Waals surface area contributed by atoms with Crippen molar-refractivity contribution < 1.29 is 4.39 Å². The molecule has 1 unspecified atom stereocenters.